The summed E-state index contributed by atoms with van der Waals surface area (Å²) in [5, 5.41) is 1.01. The predicted molar refractivity (Wildman–Crippen MR) is 98.6 cm³/mol. The van der Waals surface area contributed by atoms with Gasteiger partial charge in [0.05, 0.1) is 6.54 Å². The van der Waals surface area contributed by atoms with Crippen LogP contribution in [0, 0.1) is 6.92 Å². The van der Waals surface area contributed by atoms with Gasteiger partial charge >= 0.3 is 0 Å². The lowest BCUT2D eigenvalue weighted by atomic mass is 10.2. The molecule has 0 bridgehead atoms. The van der Waals surface area contributed by atoms with Crippen molar-refractivity contribution in [3.8, 4) is 5.75 Å². The van der Waals surface area contributed by atoms with Crippen LogP contribution in [0.4, 0.5) is 0 Å². The molecule has 1 atom stereocenters. The lowest BCUT2D eigenvalue weighted by Gasteiger charge is -2.17. The highest BCUT2D eigenvalue weighted by molar-refractivity contribution is 7.91. The van der Waals surface area contributed by atoms with Gasteiger partial charge in [-0.1, -0.05) is 18.2 Å². The zero-order valence-electron chi connectivity index (χ0n) is 13.8. The number of pyridine rings is 1. The van der Waals surface area contributed by atoms with Gasteiger partial charge in [0.25, 0.3) is 10.0 Å². The van der Waals surface area contributed by atoms with E-state index in [-0.39, 0.29) is 6.10 Å². The summed E-state index contributed by atoms with van der Waals surface area (Å²) in [6.45, 7) is 2.75. The van der Waals surface area contributed by atoms with Crippen LogP contribution < -0.4 is 4.74 Å². The van der Waals surface area contributed by atoms with E-state index >= 15 is 0 Å². The van der Waals surface area contributed by atoms with Crippen LogP contribution in [0.25, 0.3) is 10.9 Å². The minimum Gasteiger partial charge on any atom is -0.487 e. The van der Waals surface area contributed by atoms with Crippen molar-refractivity contribution in [3.05, 3.63) is 53.5 Å². The lowest BCUT2D eigenvalue weighted by Crippen LogP contribution is -2.30. The van der Waals surface area contributed by atoms with Gasteiger partial charge in [-0.05, 0) is 37.6 Å². The Balaban J connectivity index is 1.53. The highest BCUT2D eigenvalue weighted by Gasteiger charge is 2.34. The summed E-state index contributed by atoms with van der Waals surface area (Å²) in [7, 11) is -3.43. The molecule has 5 nitrogen and oxygen atoms in total. The Kier molecular flexibility index (Phi) is 4.23. The molecule has 130 valence electrons. The summed E-state index contributed by atoms with van der Waals surface area (Å²) in [6, 6.07) is 13.2. The van der Waals surface area contributed by atoms with Crippen molar-refractivity contribution < 1.29 is 13.2 Å². The normalized spacial score (nSPS) is 18.7. The minimum atomic E-state index is -3.43. The summed E-state index contributed by atoms with van der Waals surface area (Å²) < 4.78 is 33.5. The van der Waals surface area contributed by atoms with Crippen molar-refractivity contribution in [2.24, 2.45) is 0 Å². The van der Waals surface area contributed by atoms with Crippen molar-refractivity contribution in [1.29, 1.82) is 0 Å². The molecular weight excluding hydrogens is 356 g/mol. The standard InChI is InChI=1S/C18H18N2O3S2/c1-13-7-8-17(24-13)25(21,22)20-11-9-15(12-20)23-16-6-2-4-14-5-3-10-19-18(14)16/h2-8,10,15H,9,11-12H2,1H3. The molecule has 0 saturated carbocycles. The minimum absolute atomic E-state index is 0.163. The van der Waals surface area contributed by atoms with Crippen LogP contribution in [0.15, 0.2) is 52.9 Å². The third kappa shape index (κ3) is 3.15. The van der Waals surface area contributed by atoms with E-state index in [9.17, 15) is 8.42 Å². The quantitative estimate of drug-likeness (QED) is 0.702. The molecule has 2 aromatic heterocycles. The number of sulfonamides is 1. The second-order valence-electron chi connectivity index (χ2n) is 6.09. The van der Waals surface area contributed by atoms with E-state index in [0.29, 0.717) is 29.5 Å². The maximum atomic E-state index is 12.7. The molecule has 25 heavy (non-hydrogen) atoms. The second-order valence-corrected chi connectivity index (χ2v) is 9.54. The second kappa shape index (κ2) is 6.40. The molecule has 0 amide bonds. The third-order valence-electron chi connectivity index (χ3n) is 4.31. The van der Waals surface area contributed by atoms with Crippen LogP contribution in [-0.4, -0.2) is 36.9 Å². The van der Waals surface area contributed by atoms with Crippen molar-refractivity contribution in [2.45, 2.75) is 23.7 Å². The third-order valence-corrected chi connectivity index (χ3v) is 7.64. The molecule has 3 aromatic rings. The Labute approximate surface area is 150 Å². The van der Waals surface area contributed by atoms with Crippen molar-refractivity contribution in [2.75, 3.05) is 13.1 Å². The molecule has 1 aromatic carbocycles. The molecule has 1 aliphatic rings. The number of nitrogens with zero attached hydrogens (tertiary/aromatic N) is 2. The van der Waals surface area contributed by atoms with Gasteiger partial charge in [-0.25, -0.2) is 8.42 Å². The molecule has 7 heteroatoms. The maximum Gasteiger partial charge on any atom is 0.252 e. The number of para-hydroxylation sites is 1. The van der Waals surface area contributed by atoms with Crippen LogP contribution in [0.3, 0.4) is 0 Å². The molecule has 4 rings (SSSR count). The van der Waals surface area contributed by atoms with Gasteiger partial charge in [0.2, 0.25) is 0 Å². The van der Waals surface area contributed by atoms with Gasteiger partial charge in [-0.3, -0.25) is 4.98 Å². The Morgan fingerprint density at radius 3 is 2.84 bits per heavy atom. The zero-order valence-corrected chi connectivity index (χ0v) is 15.4. The average molecular weight is 374 g/mol. The monoisotopic (exact) mass is 374 g/mol. The molecular formula is C18H18N2O3S2. The van der Waals surface area contributed by atoms with E-state index in [4.69, 9.17) is 4.74 Å². The Bertz CT molecular complexity index is 1010. The molecule has 1 unspecified atom stereocenters. The molecule has 0 radical (unpaired) electrons. The Morgan fingerprint density at radius 1 is 1.20 bits per heavy atom. The molecule has 3 heterocycles. The number of benzene rings is 1. The van der Waals surface area contributed by atoms with Gasteiger partial charge in [0.15, 0.2) is 0 Å². The van der Waals surface area contributed by atoms with Gasteiger partial charge in [0.1, 0.15) is 21.6 Å². The van der Waals surface area contributed by atoms with Gasteiger partial charge in [0, 0.05) is 23.0 Å². The number of fused-ring (bicyclic) bond motifs is 1. The molecule has 0 aliphatic carbocycles. The highest BCUT2D eigenvalue weighted by atomic mass is 32.2. The number of ether oxygens (including phenoxy) is 1. The summed E-state index contributed by atoms with van der Waals surface area (Å²) in [6.07, 6.45) is 2.25. The van der Waals surface area contributed by atoms with Gasteiger partial charge < -0.3 is 4.74 Å². The molecule has 0 spiro atoms. The van der Waals surface area contributed by atoms with E-state index in [0.717, 1.165) is 15.8 Å². The number of hydrogen-bond acceptors (Lipinski definition) is 5. The van der Waals surface area contributed by atoms with Gasteiger partial charge in [-0.15, -0.1) is 11.3 Å². The fourth-order valence-electron chi connectivity index (χ4n) is 3.04. The maximum absolute atomic E-state index is 12.7. The largest absolute Gasteiger partial charge is 0.487 e. The fourth-order valence-corrected chi connectivity index (χ4v) is 5.97. The number of thiophene rings is 1. The van der Waals surface area contributed by atoms with E-state index in [1.165, 1.54) is 15.6 Å². The van der Waals surface area contributed by atoms with E-state index in [1.807, 2.05) is 43.3 Å². The summed E-state index contributed by atoms with van der Waals surface area (Å²) in [5.41, 5.74) is 0.806. The number of hydrogen-bond donors (Lipinski definition) is 0. The fraction of sp³-hybridized carbons (Fsp3) is 0.278. The van der Waals surface area contributed by atoms with Gasteiger partial charge in [-0.2, -0.15) is 4.31 Å². The van der Waals surface area contributed by atoms with Crippen LogP contribution in [0.1, 0.15) is 11.3 Å². The Hall–Kier alpha value is -1.96. The SMILES string of the molecule is Cc1ccc(S(=O)(=O)N2CCC(Oc3cccc4cccnc34)C2)s1. The topological polar surface area (TPSA) is 59.5 Å². The van der Waals surface area contributed by atoms with Crippen LogP contribution in [-0.2, 0) is 10.0 Å². The summed E-state index contributed by atoms with van der Waals surface area (Å²) in [5.74, 6) is 0.703. The van der Waals surface area contributed by atoms with E-state index in [2.05, 4.69) is 4.98 Å². The summed E-state index contributed by atoms with van der Waals surface area (Å²) in [4.78, 5) is 5.38. The van der Waals surface area contributed by atoms with Crippen molar-refractivity contribution in [3.63, 3.8) is 0 Å². The first-order valence-corrected chi connectivity index (χ1v) is 10.4. The summed E-state index contributed by atoms with van der Waals surface area (Å²) >= 11 is 1.31. The molecule has 1 fully saturated rings. The van der Waals surface area contributed by atoms with Crippen molar-refractivity contribution in [1.82, 2.24) is 9.29 Å². The number of aryl methyl sites for hydroxylation is 1. The number of aromatic nitrogens is 1. The van der Waals surface area contributed by atoms with Crippen LogP contribution >= 0.6 is 11.3 Å². The van der Waals surface area contributed by atoms with Crippen LogP contribution in [0.5, 0.6) is 5.75 Å². The predicted octanol–water partition coefficient (Wildman–Crippen LogP) is 3.45. The molecule has 1 saturated heterocycles. The average Bonchev–Trinajstić information content (AvgIpc) is 3.25. The molecule has 0 N–H and O–H groups in total. The van der Waals surface area contributed by atoms with Crippen LogP contribution in [0.2, 0.25) is 0 Å². The lowest BCUT2D eigenvalue weighted by molar-refractivity contribution is 0.218. The first-order chi connectivity index (χ1) is 12.0. The first kappa shape index (κ1) is 16.5. The first-order valence-electron chi connectivity index (χ1n) is 8.11. The number of rotatable bonds is 4. The van der Waals surface area contributed by atoms with E-state index < -0.39 is 10.0 Å². The zero-order chi connectivity index (χ0) is 17.4. The molecule has 1 aliphatic heterocycles. The van der Waals surface area contributed by atoms with E-state index in [1.54, 1.807) is 12.3 Å². The Morgan fingerprint density at radius 2 is 2.04 bits per heavy atom. The smallest absolute Gasteiger partial charge is 0.252 e. The van der Waals surface area contributed by atoms with Crippen molar-refractivity contribution >= 4 is 32.3 Å². The highest BCUT2D eigenvalue weighted by Crippen LogP contribution is 2.30.